The summed E-state index contributed by atoms with van der Waals surface area (Å²) in [6.45, 7) is 5.71. The molecule has 0 amide bonds. The molecule has 0 aliphatic heterocycles. The fourth-order valence-corrected chi connectivity index (χ4v) is 2.09. The Kier molecular flexibility index (Phi) is 2.96. The summed E-state index contributed by atoms with van der Waals surface area (Å²) in [5.41, 5.74) is 2.42. The van der Waals surface area contributed by atoms with Crippen molar-refractivity contribution in [2.75, 3.05) is 0 Å². The van der Waals surface area contributed by atoms with E-state index in [1.165, 1.54) is 18.4 Å². The molecule has 1 saturated carbocycles. The molecule has 1 aliphatic rings. The van der Waals surface area contributed by atoms with Crippen LogP contribution in [0, 0.1) is 13.8 Å². The predicted molar refractivity (Wildman–Crippen MR) is 69.4 cm³/mol. The summed E-state index contributed by atoms with van der Waals surface area (Å²) in [5, 5.41) is 7.79. The van der Waals surface area contributed by atoms with Crippen LogP contribution in [0.2, 0.25) is 0 Å². The molecule has 1 N–H and O–H groups in total. The lowest BCUT2D eigenvalue weighted by molar-refractivity contribution is 0.453. The van der Waals surface area contributed by atoms with Crippen molar-refractivity contribution >= 4 is 0 Å². The van der Waals surface area contributed by atoms with E-state index in [1.807, 2.05) is 23.9 Å². The highest BCUT2D eigenvalue weighted by Gasteiger charge is 2.21. The van der Waals surface area contributed by atoms with E-state index in [4.69, 9.17) is 4.42 Å². The van der Waals surface area contributed by atoms with Gasteiger partial charge in [0.15, 0.2) is 0 Å². The molecule has 4 heteroatoms. The van der Waals surface area contributed by atoms with Crippen LogP contribution < -0.4 is 5.32 Å². The zero-order valence-electron chi connectivity index (χ0n) is 10.9. The number of aromatic nitrogens is 2. The highest BCUT2D eigenvalue weighted by molar-refractivity contribution is 5.21. The zero-order chi connectivity index (χ0) is 12.5. The Morgan fingerprint density at radius 3 is 2.94 bits per heavy atom. The van der Waals surface area contributed by atoms with Gasteiger partial charge >= 0.3 is 0 Å². The molecule has 1 fully saturated rings. The Morgan fingerprint density at radius 1 is 1.44 bits per heavy atom. The standard InChI is InChI=1S/C14H19N3O/c1-10-5-6-16-17(10)9-14-7-12(11(2)18-14)8-15-13-3-4-13/h5-7,13,15H,3-4,8-9H2,1-2H3. The SMILES string of the molecule is Cc1oc(Cn2nccc2C)cc1CNC1CC1. The van der Waals surface area contributed by atoms with Crippen molar-refractivity contribution in [3.05, 3.63) is 41.1 Å². The monoisotopic (exact) mass is 245 g/mol. The predicted octanol–water partition coefficient (Wildman–Crippen LogP) is 2.39. The number of hydrogen-bond donors (Lipinski definition) is 1. The van der Waals surface area contributed by atoms with Crippen molar-refractivity contribution in [1.82, 2.24) is 15.1 Å². The summed E-state index contributed by atoms with van der Waals surface area (Å²) >= 11 is 0. The van der Waals surface area contributed by atoms with Gasteiger partial charge < -0.3 is 9.73 Å². The number of rotatable bonds is 5. The lowest BCUT2D eigenvalue weighted by Gasteiger charge is -2.00. The lowest BCUT2D eigenvalue weighted by Crippen LogP contribution is -2.15. The van der Waals surface area contributed by atoms with Crippen LogP contribution in [-0.2, 0) is 13.1 Å². The quantitative estimate of drug-likeness (QED) is 0.879. The van der Waals surface area contributed by atoms with Crippen molar-refractivity contribution in [2.24, 2.45) is 0 Å². The van der Waals surface area contributed by atoms with Gasteiger partial charge in [0.05, 0.1) is 6.54 Å². The first-order valence-electron chi connectivity index (χ1n) is 6.52. The summed E-state index contributed by atoms with van der Waals surface area (Å²) in [7, 11) is 0. The number of furan rings is 1. The van der Waals surface area contributed by atoms with Crippen molar-refractivity contribution < 1.29 is 4.42 Å². The molecule has 96 valence electrons. The van der Waals surface area contributed by atoms with Gasteiger partial charge in [-0.2, -0.15) is 5.10 Å². The van der Waals surface area contributed by atoms with Crippen LogP contribution in [0.1, 0.15) is 35.6 Å². The highest BCUT2D eigenvalue weighted by atomic mass is 16.3. The Morgan fingerprint density at radius 2 is 2.28 bits per heavy atom. The van der Waals surface area contributed by atoms with Crippen molar-refractivity contribution in [1.29, 1.82) is 0 Å². The first-order chi connectivity index (χ1) is 8.72. The Balaban J connectivity index is 1.68. The topological polar surface area (TPSA) is 43.0 Å². The molecule has 0 unspecified atom stereocenters. The Bertz CT molecular complexity index is 537. The third kappa shape index (κ3) is 2.48. The second kappa shape index (κ2) is 4.61. The minimum atomic E-state index is 0.711. The molecule has 4 nitrogen and oxygen atoms in total. The number of nitrogens with zero attached hydrogens (tertiary/aromatic N) is 2. The van der Waals surface area contributed by atoms with Crippen LogP contribution >= 0.6 is 0 Å². The Hall–Kier alpha value is -1.55. The van der Waals surface area contributed by atoms with Crippen LogP contribution in [0.15, 0.2) is 22.7 Å². The van der Waals surface area contributed by atoms with Crippen LogP contribution in [0.3, 0.4) is 0 Å². The van der Waals surface area contributed by atoms with Crippen LogP contribution in [-0.4, -0.2) is 15.8 Å². The van der Waals surface area contributed by atoms with E-state index in [9.17, 15) is 0 Å². The summed E-state index contributed by atoms with van der Waals surface area (Å²) in [4.78, 5) is 0. The third-order valence-corrected chi connectivity index (χ3v) is 3.46. The van der Waals surface area contributed by atoms with Crippen LogP contribution in [0.25, 0.3) is 0 Å². The molecule has 0 saturated heterocycles. The molecule has 2 aromatic heterocycles. The lowest BCUT2D eigenvalue weighted by atomic mass is 10.2. The third-order valence-electron chi connectivity index (χ3n) is 3.46. The maximum Gasteiger partial charge on any atom is 0.125 e. The molecular weight excluding hydrogens is 226 g/mol. The maximum absolute atomic E-state index is 5.79. The average Bonchev–Trinajstić information content (AvgIpc) is 3.00. The van der Waals surface area contributed by atoms with Gasteiger partial charge in [-0.05, 0) is 38.8 Å². The van der Waals surface area contributed by atoms with E-state index in [0.29, 0.717) is 6.54 Å². The second-order valence-electron chi connectivity index (χ2n) is 5.08. The van der Waals surface area contributed by atoms with Gasteiger partial charge in [-0.1, -0.05) is 0 Å². The molecule has 0 atom stereocenters. The first kappa shape index (κ1) is 11.5. The molecule has 0 spiro atoms. The van der Waals surface area contributed by atoms with Gasteiger partial charge in [0.25, 0.3) is 0 Å². The average molecular weight is 245 g/mol. The number of nitrogens with one attached hydrogen (secondary N) is 1. The van der Waals surface area contributed by atoms with Gasteiger partial charge in [0.1, 0.15) is 11.5 Å². The molecule has 0 aromatic carbocycles. The van der Waals surface area contributed by atoms with E-state index in [0.717, 1.165) is 29.8 Å². The highest BCUT2D eigenvalue weighted by Crippen LogP contribution is 2.21. The summed E-state index contributed by atoms with van der Waals surface area (Å²) in [6, 6.07) is 4.88. The van der Waals surface area contributed by atoms with E-state index in [2.05, 4.69) is 23.4 Å². The molecule has 2 aromatic rings. The van der Waals surface area contributed by atoms with Crippen LogP contribution in [0.5, 0.6) is 0 Å². The molecule has 18 heavy (non-hydrogen) atoms. The van der Waals surface area contributed by atoms with E-state index < -0.39 is 0 Å². The maximum atomic E-state index is 5.79. The van der Waals surface area contributed by atoms with Gasteiger partial charge in [-0.15, -0.1) is 0 Å². The molecular formula is C14H19N3O. The fourth-order valence-electron chi connectivity index (χ4n) is 2.09. The largest absolute Gasteiger partial charge is 0.464 e. The molecule has 0 radical (unpaired) electrons. The zero-order valence-corrected chi connectivity index (χ0v) is 10.9. The smallest absolute Gasteiger partial charge is 0.125 e. The minimum absolute atomic E-state index is 0.711. The first-order valence-corrected chi connectivity index (χ1v) is 6.52. The van der Waals surface area contributed by atoms with Crippen molar-refractivity contribution in [3.63, 3.8) is 0 Å². The molecule has 1 aliphatic carbocycles. The summed E-state index contributed by atoms with van der Waals surface area (Å²) < 4.78 is 7.75. The molecule has 2 heterocycles. The molecule has 3 rings (SSSR count). The van der Waals surface area contributed by atoms with Gasteiger partial charge in [-0.3, -0.25) is 4.68 Å². The molecule has 0 bridgehead atoms. The van der Waals surface area contributed by atoms with Crippen molar-refractivity contribution in [3.8, 4) is 0 Å². The number of aryl methyl sites for hydroxylation is 2. The minimum Gasteiger partial charge on any atom is -0.464 e. The van der Waals surface area contributed by atoms with Crippen LogP contribution in [0.4, 0.5) is 0 Å². The summed E-state index contributed by atoms with van der Waals surface area (Å²) in [5.74, 6) is 2.00. The summed E-state index contributed by atoms with van der Waals surface area (Å²) in [6.07, 6.45) is 4.45. The van der Waals surface area contributed by atoms with E-state index in [1.54, 1.807) is 0 Å². The van der Waals surface area contributed by atoms with E-state index >= 15 is 0 Å². The fraction of sp³-hybridized carbons (Fsp3) is 0.500. The van der Waals surface area contributed by atoms with Gasteiger partial charge in [0.2, 0.25) is 0 Å². The second-order valence-corrected chi connectivity index (χ2v) is 5.08. The van der Waals surface area contributed by atoms with Crippen molar-refractivity contribution in [2.45, 2.75) is 45.8 Å². The van der Waals surface area contributed by atoms with E-state index in [-0.39, 0.29) is 0 Å². The Labute approximate surface area is 107 Å². The van der Waals surface area contributed by atoms with Gasteiger partial charge in [-0.25, -0.2) is 0 Å². The van der Waals surface area contributed by atoms with Gasteiger partial charge in [0, 0.05) is 30.0 Å². The normalized spacial score (nSPS) is 15.2. The number of hydrogen-bond acceptors (Lipinski definition) is 3.